The number of hydrogen-bond donors (Lipinski definition) is 2. The highest BCUT2D eigenvalue weighted by atomic mass is 35.5. The molecular weight excluding hydrogens is 280 g/mol. The number of benzene rings is 1. The summed E-state index contributed by atoms with van der Waals surface area (Å²) in [7, 11) is 0. The van der Waals surface area contributed by atoms with Crippen LogP contribution >= 0.6 is 11.6 Å². The van der Waals surface area contributed by atoms with E-state index < -0.39 is 6.10 Å². The fraction of sp³-hybridized carbons (Fsp3) is 0.357. The molecule has 3 N–H and O–H groups in total. The third-order valence-electron chi connectivity index (χ3n) is 2.67. The van der Waals surface area contributed by atoms with Gasteiger partial charge in [-0.25, -0.2) is 0 Å². The van der Waals surface area contributed by atoms with E-state index in [4.69, 9.17) is 26.8 Å². The lowest BCUT2D eigenvalue weighted by atomic mass is 10.1. The minimum absolute atomic E-state index is 0.246. The summed E-state index contributed by atoms with van der Waals surface area (Å²) < 4.78 is 10.5. The third kappa shape index (κ3) is 3.95. The maximum Gasteiger partial charge on any atom is 0.255 e. The van der Waals surface area contributed by atoms with Crippen LogP contribution in [0.1, 0.15) is 5.56 Å². The van der Waals surface area contributed by atoms with Gasteiger partial charge in [0, 0.05) is 10.6 Å². The molecule has 5 nitrogen and oxygen atoms in total. The first-order chi connectivity index (χ1) is 9.70. The number of anilines is 1. The van der Waals surface area contributed by atoms with Crippen LogP contribution in [0.2, 0.25) is 5.02 Å². The molecule has 1 fully saturated rings. The van der Waals surface area contributed by atoms with E-state index >= 15 is 0 Å². The Kier molecular flexibility index (Phi) is 5.39. The van der Waals surface area contributed by atoms with Crippen molar-refractivity contribution in [3.63, 3.8) is 0 Å². The summed E-state index contributed by atoms with van der Waals surface area (Å²) in [6.45, 7) is 1.41. The van der Waals surface area contributed by atoms with Crippen LogP contribution in [0.4, 0.5) is 5.69 Å². The van der Waals surface area contributed by atoms with E-state index in [0.29, 0.717) is 29.5 Å². The van der Waals surface area contributed by atoms with Gasteiger partial charge in [0.1, 0.15) is 0 Å². The zero-order valence-electron chi connectivity index (χ0n) is 10.8. The summed E-state index contributed by atoms with van der Waals surface area (Å²) in [6, 6.07) is 5.08. The Labute approximate surface area is 122 Å². The molecule has 0 saturated carbocycles. The van der Waals surface area contributed by atoms with Gasteiger partial charge in [-0.2, -0.15) is 0 Å². The summed E-state index contributed by atoms with van der Waals surface area (Å²) in [4.78, 5) is 12.1. The lowest BCUT2D eigenvalue weighted by molar-refractivity contribution is -0.142. The average molecular weight is 295 g/mol. The van der Waals surface area contributed by atoms with E-state index in [9.17, 15) is 4.79 Å². The largest absolute Gasteiger partial charge is 0.376 e. The zero-order chi connectivity index (χ0) is 14.4. The van der Waals surface area contributed by atoms with Crippen LogP contribution in [-0.2, 0) is 14.3 Å². The van der Waals surface area contributed by atoms with Crippen molar-refractivity contribution < 1.29 is 14.3 Å². The Bertz CT molecular complexity index is 545. The number of carbonyl (C=O) groups is 1. The number of nitrogens with one attached hydrogen (secondary N) is 1. The van der Waals surface area contributed by atoms with Crippen molar-refractivity contribution in [3.8, 4) is 11.8 Å². The molecule has 1 heterocycles. The molecule has 106 valence electrons. The topological polar surface area (TPSA) is 73.6 Å². The Morgan fingerprint density at radius 1 is 1.50 bits per heavy atom. The molecule has 0 radical (unpaired) electrons. The van der Waals surface area contributed by atoms with Gasteiger partial charge in [-0.15, -0.1) is 0 Å². The Balaban J connectivity index is 2.14. The van der Waals surface area contributed by atoms with Crippen molar-refractivity contribution >= 4 is 23.2 Å². The second-order valence-electron chi connectivity index (χ2n) is 4.12. The SMILES string of the molecule is NCC#Cc1ccc(Cl)cc1NC(=O)C1COCCO1. The fourth-order valence-corrected chi connectivity index (χ4v) is 1.90. The number of nitrogens with two attached hydrogens (primary N) is 1. The maximum atomic E-state index is 12.1. The quantitative estimate of drug-likeness (QED) is 0.798. The van der Waals surface area contributed by atoms with E-state index in [0.717, 1.165) is 0 Å². The molecule has 0 aromatic heterocycles. The highest BCUT2D eigenvalue weighted by molar-refractivity contribution is 6.31. The van der Waals surface area contributed by atoms with Crippen LogP contribution in [0, 0.1) is 11.8 Å². The van der Waals surface area contributed by atoms with Gasteiger partial charge >= 0.3 is 0 Å². The van der Waals surface area contributed by atoms with E-state index in [-0.39, 0.29) is 19.1 Å². The molecular formula is C14H15ClN2O3. The monoisotopic (exact) mass is 294 g/mol. The molecule has 0 aliphatic carbocycles. The summed E-state index contributed by atoms with van der Waals surface area (Å²) >= 11 is 5.94. The first kappa shape index (κ1) is 14.8. The number of rotatable bonds is 2. The lowest BCUT2D eigenvalue weighted by Gasteiger charge is -2.22. The Morgan fingerprint density at radius 3 is 3.05 bits per heavy atom. The summed E-state index contributed by atoms with van der Waals surface area (Å²) in [5.74, 6) is 5.36. The fourth-order valence-electron chi connectivity index (χ4n) is 1.73. The van der Waals surface area contributed by atoms with Crippen molar-refractivity contribution in [1.82, 2.24) is 0 Å². The van der Waals surface area contributed by atoms with Crippen LogP contribution in [0.5, 0.6) is 0 Å². The Morgan fingerprint density at radius 2 is 2.35 bits per heavy atom. The van der Waals surface area contributed by atoms with Gasteiger partial charge < -0.3 is 20.5 Å². The molecule has 6 heteroatoms. The molecule has 1 amide bonds. The smallest absolute Gasteiger partial charge is 0.255 e. The van der Waals surface area contributed by atoms with Crippen molar-refractivity contribution in [3.05, 3.63) is 28.8 Å². The van der Waals surface area contributed by atoms with Gasteiger partial charge in [0.15, 0.2) is 6.10 Å². The number of amides is 1. The zero-order valence-corrected chi connectivity index (χ0v) is 11.6. The van der Waals surface area contributed by atoms with Crippen molar-refractivity contribution in [2.24, 2.45) is 5.73 Å². The van der Waals surface area contributed by atoms with Crippen LogP contribution in [0.15, 0.2) is 18.2 Å². The van der Waals surface area contributed by atoms with Crippen LogP contribution in [0.25, 0.3) is 0 Å². The molecule has 0 spiro atoms. The molecule has 1 unspecified atom stereocenters. The van der Waals surface area contributed by atoms with Gasteiger partial charge in [-0.3, -0.25) is 4.79 Å². The first-order valence-corrected chi connectivity index (χ1v) is 6.57. The standard InChI is InChI=1S/C14H15ClN2O3/c15-11-4-3-10(2-1-5-16)12(8-11)17-14(18)13-9-19-6-7-20-13/h3-4,8,13H,5-7,9,16H2,(H,17,18). The normalized spacial score (nSPS) is 18.0. The molecule has 1 atom stereocenters. The van der Waals surface area contributed by atoms with E-state index in [1.807, 2.05) is 0 Å². The minimum Gasteiger partial charge on any atom is -0.376 e. The van der Waals surface area contributed by atoms with Crippen LogP contribution < -0.4 is 11.1 Å². The predicted molar refractivity (Wildman–Crippen MR) is 76.6 cm³/mol. The summed E-state index contributed by atoms with van der Waals surface area (Å²) in [6.07, 6.45) is -0.613. The van der Waals surface area contributed by atoms with E-state index in [2.05, 4.69) is 17.2 Å². The van der Waals surface area contributed by atoms with Crippen LogP contribution in [-0.4, -0.2) is 38.4 Å². The maximum absolute atomic E-state index is 12.1. The van der Waals surface area contributed by atoms with Gasteiger partial charge in [0.05, 0.1) is 32.1 Å². The minimum atomic E-state index is -0.613. The molecule has 1 saturated heterocycles. The number of carbonyl (C=O) groups excluding carboxylic acids is 1. The highest BCUT2D eigenvalue weighted by Crippen LogP contribution is 2.21. The van der Waals surface area contributed by atoms with Crippen molar-refractivity contribution in [1.29, 1.82) is 0 Å². The predicted octanol–water partition coefficient (Wildman–Crippen LogP) is 1.00. The number of halogens is 1. The van der Waals surface area contributed by atoms with Gasteiger partial charge in [-0.05, 0) is 18.2 Å². The number of ether oxygens (including phenoxy) is 2. The Hall–Kier alpha value is -1.58. The summed E-state index contributed by atoms with van der Waals surface area (Å²) in [5.41, 5.74) is 6.55. The van der Waals surface area contributed by atoms with Gasteiger partial charge in [-0.1, -0.05) is 23.4 Å². The number of hydrogen-bond acceptors (Lipinski definition) is 4. The van der Waals surface area contributed by atoms with Gasteiger partial charge in [0.25, 0.3) is 5.91 Å². The summed E-state index contributed by atoms with van der Waals surface area (Å²) in [5, 5.41) is 3.27. The molecule has 1 aliphatic heterocycles. The molecule has 1 aromatic carbocycles. The molecule has 0 bridgehead atoms. The van der Waals surface area contributed by atoms with Crippen molar-refractivity contribution in [2.45, 2.75) is 6.10 Å². The lowest BCUT2D eigenvalue weighted by Crippen LogP contribution is -2.39. The molecule has 1 aromatic rings. The first-order valence-electron chi connectivity index (χ1n) is 6.19. The molecule has 1 aliphatic rings. The van der Waals surface area contributed by atoms with E-state index in [1.54, 1.807) is 18.2 Å². The van der Waals surface area contributed by atoms with Gasteiger partial charge in [0.2, 0.25) is 0 Å². The van der Waals surface area contributed by atoms with E-state index in [1.165, 1.54) is 0 Å². The highest BCUT2D eigenvalue weighted by Gasteiger charge is 2.23. The average Bonchev–Trinajstić information content (AvgIpc) is 2.47. The molecule has 2 rings (SSSR count). The second kappa shape index (κ2) is 7.27. The van der Waals surface area contributed by atoms with Crippen molar-refractivity contribution in [2.75, 3.05) is 31.7 Å². The molecule has 20 heavy (non-hydrogen) atoms. The second-order valence-corrected chi connectivity index (χ2v) is 4.56. The van der Waals surface area contributed by atoms with Crippen LogP contribution in [0.3, 0.4) is 0 Å². The third-order valence-corrected chi connectivity index (χ3v) is 2.91.